The molecule has 98 valence electrons. The maximum atomic E-state index is 13.8. The van der Waals surface area contributed by atoms with E-state index in [2.05, 4.69) is 5.16 Å². The Morgan fingerprint density at radius 1 is 1.00 bits per heavy atom. The molecule has 0 saturated carbocycles. The molecule has 0 aliphatic carbocycles. The Labute approximate surface area is 110 Å². The number of hydrogen-bond acceptors (Lipinski definition) is 3. The lowest BCUT2D eigenvalue weighted by atomic mass is 9.94. The highest BCUT2D eigenvalue weighted by molar-refractivity contribution is 6.13. The average molecular weight is 259 g/mol. The van der Waals surface area contributed by atoms with E-state index in [1.807, 2.05) is 0 Å². The molecule has 0 amide bonds. The molecule has 2 aromatic rings. The number of hydrogen-bond donors (Lipinski definition) is 2. The molecule has 0 saturated heterocycles. The maximum Gasteiger partial charge on any atom is 0.132 e. The Kier molecular flexibility index (Phi) is 3.51. The first-order valence-corrected chi connectivity index (χ1v) is 5.82. The number of aromatic hydroxyl groups is 1. The number of oxime groups is 1. The minimum Gasteiger partial charge on any atom is -0.508 e. The van der Waals surface area contributed by atoms with Crippen molar-refractivity contribution in [1.82, 2.24) is 0 Å². The molecular formula is C15H14FNO2. The van der Waals surface area contributed by atoms with Crippen molar-refractivity contribution in [1.29, 1.82) is 0 Å². The van der Waals surface area contributed by atoms with Crippen LogP contribution in [0, 0.1) is 19.7 Å². The SMILES string of the molecule is Cc1c(O)ccc(C(=NO)c2ccccc2F)c1C. The van der Waals surface area contributed by atoms with E-state index in [0.717, 1.165) is 5.56 Å². The smallest absolute Gasteiger partial charge is 0.132 e. The molecule has 0 unspecified atom stereocenters. The van der Waals surface area contributed by atoms with Gasteiger partial charge in [0.2, 0.25) is 0 Å². The summed E-state index contributed by atoms with van der Waals surface area (Å²) in [6, 6.07) is 9.22. The third-order valence-corrected chi connectivity index (χ3v) is 3.24. The molecule has 0 aliphatic heterocycles. The van der Waals surface area contributed by atoms with Gasteiger partial charge in [-0.2, -0.15) is 0 Å². The molecule has 0 spiro atoms. The zero-order valence-corrected chi connectivity index (χ0v) is 10.7. The number of benzene rings is 2. The van der Waals surface area contributed by atoms with Gasteiger partial charge in [0.15, 0.2) is 0 Å². The lowest BCUT2D eigenvalue weighted by molar-refractivity contribution is 0.319. The van der Waals surface area contributed by atoms with Crippen LogP contribution in [0.2, 0.25) is 0 Å². The van der Waals surface area contributed by atoms with Crippen LogP contribution in [-0.2, 0) is 0 Å². The third kappa shape index (κ3) is 2.29. The summed E-state index contributed by atoms with van der Waals surface area (Å²) >= 11 is 0. The van der Waals surface area contributed by atoms with Crippen LogP contribution in [0.1, 0.15) is 22.3 Å². The Hall–Kier alpha value is -2.36. The van der Waals surface area contributed by atoms with E-state index < -0.39 is 5.82 Å². The van der Waals surface area contributed by atoms with Crippen LogP contribution in [0.25, 0.3) is 0 Å². The summed E-state index contributed by atoms with van der Waals surface area (Å²) in [7, 11) is 0. The maximum absolute atomic E-state index is 13.8. The van der Waals surface area contributed by atoms with E-state index in [1.165, 1.54) is 12.1 Å². The highest BCUT2D eigenvalue weighted by atomic mass is 19.1. The molecule has 0 aliphatic rings. The van der Waals surface area contributed by atoms with Crippen molar-refractivity contribution in [2.75, 3.05) is 0 Å². The van der Waals surface area contributed by atoms with Gasteiger partial charge in [-0.3, -0.25) is 0 Å². The van der Waals surface area contributed by atoms with Gasteiger partial charge in [-0.05, 0) is 49.2 Å². The summed E-state index contributed by atoms with van der Waals surface area (Å²) < 4.78 is 13.8. The third-order valence-electron chi connectivity index (χ3n) is 3.24. The number of rotatable bonds is 2. The Bertz CT molecular complexity index is 651. The summed E-state index contributed by atoms with van der Waals surface area (Å²) in [5.74, 6) is -0.299. The number of nitrogens with zero attached hydrogens (tertiary/aromatic N) is 1. The van der Waals surface area contributed by atoms with E-state index >= 15 is 0 Å². The summed E-state index contributed by atoms with van der Waals surface area (Å²) in [6.07, 6.45) is 0. The second-order valence-electron chi connectivity index (χ2n) is 4.31. The average Bonchev–Trinajstić information content (AvgIpc) is 2.41. The van der Waals surface area contributed by atoms with Gasteiger partial charge in [-0.1, -0.05) is 17.3 Å². The molecule has 2 aromatic carbocycles. The highest BCUT2D eigenvalue weighted by Crippen LogP contribution is 2.25. The van der Waals surface area contributed by atoms with Crippen LogP contribution < -0.4 is 0 Å². The summed E-state index contributed by atoms with van der Waals surface area (Å²) in [6.45, 7) is 3.54. The fourth-order valence-corrected chi connectivity index (χ4v) is 1.97. The highest BCUT2D eigenvalue weighted by Gasteiger charge is 2.16. The second kappa shape index (κ2) is 5.10. The van der Waals surface area contributed by atoms with Crippen LogP contribution in [0.15, 0.2) is 41.6 Å². The van der Waals surface area contributed by atoms with Gasteiger partial charge in [0.1, 0.15) is 17.3 Å². The fraction of sp³-hybridized carbons (Fsp3) is 0.133. The normalized spacial score (nSPS) is 11.6. The second-order valence-corrected chi connectivity index (χ2v) is 4.31. The number of halogens is 1. The molecule has 3 nitrogen and oxygen atoms in total. The zero-order valence-electron chi connectivity index (χ0n) is 10.7. The van der Waals surface area contributed by atoms with Crippen LogP contribution in [0.5, 0.6) is 5.75 Å². The van der Waals surface area contributed by atoms with E-state index in [9.17, 15) is 14.7 Å². The van der Waals surface area contributed by atoms with Gasteiger partial charge in [0, 0.05) is 11.1 Å². The predicted octanol–water partition coefficient (Wildman–Crippen LogP) is 3.37. The van der Waals surface area contributed by atoms with Crippen LogP contribution in [0.3, 0.4) is 0 Å². The van der Waals surface area contributed by atoms with Crippen molar-refractivity contribution in [3.05, 3.63) is 64.5 Å². The van der Waals surface area contributed by atoms with E-state index in [-0.39, 0.29) is 17.0 Å². The molecule has 0 heterocycles. The molecule has 2 rings (SSSR count). The van der Waals surface area contributed by atoms with Crippen LogP contribution in [0.4, 0.5) is 4.39 Å². The van der Waals surface area contributed by atoms with Gasteiger partial charge in [-0.25, -0.2) is 4.39 Å². The van der Waals surface area contributed by atoms with Gasteiger partial charge >= 0.3 is 0 Å². The molecule has 2 N–H and O–H groups in total. The van der Waals surface area contributed by atoms with Gasteiger partial charge in [0.05, 0.1) is 0 Å². The Morgan fingerprint density at radius 3 is 2.32 bits per heavy atom. The first-order chi connectivity index (χ1) is 9.06. The molecule has 0 fully saturated rings. The lowest BCUT2D eigenvalue weighted by Crippen LogP contribution is -2.08. The number of phenols is 1. The Morgan fingerprint density at radius 2 is 1.68 bits per heavy atom. The molecule has 19 heavy (non-hydrogen) atoms. The molecule has 0 aromatic heterocycles. The van der Waals surface area contributed by atoms with Crippen molar-refractivity contribution in [2.24, 2.45) is 5.16 Å². The Balaban J connectivity index is 2.63. The molecule has 4 heteroatoms. The minimum absolute atomic E-state index is 0.152. The van der Waals surface area contributed by atoms with Crippen molar-refractivity contribution >= 4 is 5.71 Å². The predicted molar refractivity (Wildman–Crippen MR) is 71.4 cm³/mol. The van der Waals surface area contributed by atoms with Crippen molar-refractivity contribution in [3.8, 4) is 5.75 Å². The molecule has 0 bridgehead atoms. The summed E-state index contributed by atoms with van der Waals surface area (Å²) in [5.41, 5.74) is 2.38. The number of phenolic OH excluding ortho intramolecular Hbond substituents is 1. The quantitative estimate of drug-likeness (QED) is 0.493. The van der Waals surface area contributed by atoms with E-state index in [1.54, 1.807) is 38.1 Å². The summed E-state index contributed by atoms with van der Waals surface area (Å²) in [5, 5.41) is 22.0. The minimum atomic E-state index is -0.458. The van der Waals surface area contributed by atoms with Crippen molar-refractivity contribution < 1.29 is 14.7 Å². The molecule has 0 atom stereocenters. The van der Waals surface area contributed by atoms with E-state index in [0.29, 0.717) is 11.1 Å². The standard InChI is InChI=1S/C15H14FNO2/c1-9-10(2)14(18)8-7-11(9)15(17-19)12-5-3-4-6-13(12)16/h3-8,18-19H,1-2H3. The van der Waals surface area contributed by atoms with Crippen LogP contribution in [-0.4, -0.2) is 16.0 Å². The fourth-order valence-electron chi connectivity index (χ4n) is 1.97. The van der Waals surface area contributed by atoms with Gasteiger partial charge in [-0.15, -0.1) is 0 Å². The monoisotopic (exact) mass is 259 g/mol. The molecular weight excluding hydrogens is 245 g/mol. The van der Waals surface area contributed by atoms with Crippen LogP contribution >= 0.6 is 0 Å². The topological polar surface area (TPSA) is 52.8 Å². The first kappa shape index (κ1) is 13.1. The van der Waals surface area contributed by atoms with Crippen molar-refractivity contribution in [3.63, 3.8) is 0 Å². The van der Waals surface area contributed by atoms with Gasteiger partial charge < -0.3 is 10.3 Å². The lowest BCUT2D eigenvalue weighted by Gasteiger charge is -2.12. The van der Waals surface area contributed by atoms with Gasteiger partial charge in [0.25, 0.3) is 0 Å². The van der Waals surface area contributed by atoms with E-state index in [4.69, 9.17) is 0 Å². The first-order valence-electron chi connectivity index (χ1n) is 5.82. The zero-order chi connectivity index (χ0) is 14.0. The van der Waals surface area contributed by atoms with Crippen molar-refractivity contribution in [2.45, 2.75) is 13.8 Å². The molecule has 0 radical (unpaired) electrons. The summed E-state index contributed by atoms with van der Waals surface area (Å²) in [4.78, 5) is 0. The largest absolute Gasteiger partial charge is 0.508 e.